The summed E-state index contributed by atoms with van der Waals surface area (Å²) in [5.41, 5.74) is 7.93. The van der Waals surface area contributed by atoms with E-state index >= 15 is 0 Å². The molecule has 1 fully saturated rings. The molecule has 1 aliphatic heterocycles. The lowest BCUT2D eigenvalue weighted by Gasteiger charge is -2.31. The third-order valence-corrected chi connectivity index (χ3v) is 6.35. The Morgan fingerprint density at radius 1 is 1.20 bits per heavy atom. The highest BCUT2D eigenvalue weighted by atomic mass is 79.9. The highest BCUT2D eigenvalue weighted by Crippen LogP contribution is 2.26. The molecule has 2 aliphatic rings. The summed E-state index contributed by atoms with van der Waals surface area (Å²) in [6.07, 6.45) is 7.14. The first-order valence-electron chi connectivity index (χ1n) is 12.4. The number of amides is 1. The van der Waals surface area contributed by atoms with Gasteiger partial charge in [0, 0.05) is 25.1 Å². The van der Waals surface area contributed by atoms with Crippen LogP contribution in [0.1, 0.15) is 71.3 Å². The monoisotopic (exact) mass is 552 g/mol. The molecule has 9 heteroatoms. The third-order valence-electron chi connectivity index (χ3n) is 6.35. The van der Waals surface area contributed by atoms with E-state index in [0.29, 0.717) is 44.6 Å². The molecule has 0 spiro atoms. The average molecular weight is 554 g/mol. The number of carbonyl (C=O) groups is 2. The summed E-state index contributed by atoms with van der Waals surface area (Å²) in [5.74, 6) is 1.06. The van der Waals surface area contributed by atoms with Crippen molar-refractivity contribution in [1.29, 1.82) is 0 Å². The molecule has 0 atom stereocenters. The summed E-state index contributed by atoms with van der Waals surface area (Å²) in [5, 5.41) is 3.15. The number of esters is 1. The number of nitrogens with one attached hydrogen (secondary N) is 1. The smallest absolute Gasteiger partial charge is 0.349 e. The fraction of sp³-hybridized carbons (Fsp3) is 0.654. The van der Waals surface area contributed by atoms with E-state index in [9.17, 15) is 9.59 Å². The van der Waals surface area contributed by atoms with Crippen molar-refractivity contribution in [3.63, 3.8) is 0 Å². The average Bonchev–Trinajstić information content (AvgIpc) is 2.80. The van der Waals surface area contributed by atoms with Gasteiger partial charge in [0.1, 0.15) is 11.4 Å². The summed E-state index contributed by atoms with van der Waals surface area (Å²) in [4.78, 5) is 26.7. The summed E-state index contributed by atoms with van der Waals surface area (Å²) >= 11 is 0. The molecule has 0 radical (unpaired) electrons. The molecule has 196 valence electrons. The van der Waals surface area contributed by atoms with Gasteiger partial charge in [0.25, 0.3) is 0 Å². The zero-order valence-corrected chi connectivity index (χ0v) is 23.2. The fourth-order valence-electron chi connectivity index (χ4n) is 4.32. The molecule has 8 nitrogen and oxygen atoms in total. The van der Waals surface area contributed by atoms with Crippen LogP contribution in [0.25, 0.3) is 0 Å². The number of nitrogens with zero attached hydrogens (tertiary/aromatic N) is 2. The molecular formula is C26H41BrN4O4. The molecule has 35 heavy (non-hydrogen) atoms. The minimum Gasteiger partial charge on any atom is -1.00 e. The molecule has 1 aromatic rings. The zero-order valence-electron chi connectivity index (χ0n) is 21.6. The van der Waals surface area contributed by atoms with Crippen molar-refractivity contribution < 1.29 is 40.6 Å². The van der Waals surface area contributed by atoms with Crippen molar-refractivity contribution in [3.05, 3.63) is 23.8 Å². The van der Waals surface area contributed by atoms with E-state index in [1.165, 1.54) is 19.3 Å². The minimum atomic E-state index is -0.307. The van der Waals surface area contributed by atoms with E-state index in [1.54, 1.807) is 4.58 Å². The highest BCUT2D eigenvalue weighted by molar-refractivity contribution is 5.91. The van der Waals surface area contributed by atoms with E-state index in [-0.39, 0.29) is 40.8 Å². The Hall–Kier alpha value is -2.29. The third kappa shape index (κ3) is 9.02. The lowest BCUT2D eigenvalue weighted by atomic mass is 9.94. The van der Waals surface area contributed by atoms with Gasteiger partial charge in [-0.2, -0.15) is 0 Å². The Morgan fingerprint density at radius 2 is 1.91 bits per heavy atom. The number of carbonyl (C=O) groups excluding carboxylic acids is 2. The van der Waals surface area contributed by atoms with Crippen molar-refractivity contribution in [2.45, 2.75) is 78.3 Å². The van der Waals surface area contributed by atoms with Crippen LogP contribution < -0.4 is 32.8 Å². The molecule has 3 rings (SSSR count). The van der Waals surface area contributed by atoms with Crippen LogP contribution in [0.4, 0.5) is 5.69 Å². The molecule has 0 unspecified atom stereocenters. The minimum absolute atomic E-state index is 0. The summed E-state index contributed by atoms with van der Waals surface area (Å²) in [6, 6.07) is 6.17. The summed E-state index contributed by atoms with van der Waals surface area (Å²) < 4.78 is 13.1. The Morgan fingerprint density at radius 3 is 2.60 bits per heavy atom. The maximum Gasteiger partial charge on any atom is 0.349 e. The normalized spacial score (nSPS) is 16.0. The predicted molar refractivity (Wildman–Crippen MR) is 133 cm³/mol. The Kier molecular flexibility index (Phi) is 10.9. The van der Waals surface area contributed by atoms with Crippen molar-refractivity contribution in [3.8, 4) is 5.75 Å². The van der Waals surface area contributed by atoms with Gasteiger partial charge in [0.05, 0.1) is 19.8 Å². The molecule has 1 amide bonds. The standard InChI is InChI=1S/C26H40N4O4.BrH/c1-26(2,3)18-34-24(32)17-30-16-19-15-21(12-13-22(19)28-25(30)27)33-14-8-11-23(31)29(4)20-9-6-5-7-10-20;/h12-13,15,20H,5-11,14,16-18H2,1-4H3,(H2,27,28);1H. The molecule has 3 N–H and O–H groups in total. The summed E-state index contributed by atoms with van der Waals surface area (Å²) in [6.45, 7) is 7.47. The number of fused-ring (bicyclic) bond motifs is 1. The van der Waals surface area contributed by atoms with Crippen LogP contribution in [0.2, 0.25) is 0 Å². The maximum atomic E-state index is 12.5. The molecule has 0 bridgehead atoms. The molecule has 1 heterocycles. The number of guanidine groups is 1. The number of hydrogen-bond acceptors (Lipinski definition) is 6. The number of nitrogens with two attached hydrogens (primary N) is 1. The number of rotatable bonds is 9. The van der Waals surface area contributed by atoms with Gasteiger partial charge in [0.2, 0.25) is 5.91 Å². The first kappa shape index (κ1) is 28.9. The van der Waals surface area contributed by atoms with Crippen LogP contribution in [0.5, 0.6) is 5.75 Å². The fourth-order valence-corrected chi connectivity index (χ4v) is 4.32. The van der Waals surface area contributed by atoms with E-state index in [1.807, 2.05) is 50.9 Å². The van der Waals surface area contributed by atoms with Gasteiger partial charge in [-0.1, -0.05) is 40.0 Å². The largest absolute Gasteiger partial charge is 1.00 e. The maximum absolute atomic E-state index is 12.5. The van der Waals surface area contributed by atoms with Gasteiger partial charge in [-0.15, -0.1) is 0 Å². The Bertz CT molecular complexity index is 907. The van der Waals surface area contributed by atoms with E-state index < -0.39 is 0 Å². The Balaban J connectivity index is 0.00000432. The van der Waals surface area contributed by atoms with Gasteiger partial charge in [-0.3, -0.25) is 10.5 Å². The van der Waals surface area contributed by atoms with Gasteiger partial charge in [0.15, 0.2) is 6.54 Å². The second-order valence-electron chi connectivity index (χ2n) is 10.7. The van der Waals surface area contributed by atoms with E-state index in [0.717, 1.165) is 29.8 Å². The highest BCUT2D eigenvalue weighted by Gasteiger charge is 2.25. The van der Waals surface area contributed by atoms with Crippen LogP contribution in [-0.2, 0) is 20.9 Å². The van der Waals surface area contributed by atoms with Gasteiger partial charge < -0.3 is 31.4 Å². The number of ether oxygens (including phenoxy) is 2. The SMILES string of the molecule is CN(C(=O)CCCOc1ccc2c(c1)C[N+](CC(=O)OCC(C)(C)C)=C(N)N2)C1CCCCC1.[Br-]. The van der Waals surface area contributed by atoms with E-state index in [2.05, 4.69) is 5.32 Å². The second-order valence-corrected chi connectivity index (χ2v) is 10.7. The number of benzene rings is 1. The van der Waals surface area contributed by atoms with Crippen LogP contribution in [0.3, 0.4) is 0 Å². The van der Waals surface area contributed by atoms with Crippen LogP contribution in [-0.4, -0.2) is 60.2 Å². The lowest BCUT2D eigenvalue weighted by Crippen LogP contribution is -3.00. The van der Waals surface area contributed by atoms with Crippen molar-refractivity contribution in [2.24, 2.45) is 11.1 Å². The molecular weight excluding hydrogens is 512 g/mol. The first-order chi connectivity index (χ1) is 16.1. The van der Waals surface area contributed by atoms with Crippen molar-refractivity contribution in [2.75, 3.05) is 32.1 Å². The van der Waals surface area contributed by atoms with Gasteiger partial charge in [-0.05, 0) is 42.9 Å². The quantitative estimate of drug-likeness (QED) is 0.263. The number of halogens is 1. The second kappa shape index (κ2) is 13.1. The van der Waals surface area contributed by atoms with Crippen LogP contribution in [0.15, 0.2) is 18.2 Å². The molecule has 1 saturated carbocycles. The lowest BCUT2D eigenvalue weighted by molar-refractivity contribution is -0.536. The van der Waals surface area contributed by atoms with Gasteiger partial charge in [-0.25, -0.2) is 14.7 Å². The zero-order chi connectivity index (χ0) is 24.7. The molecule has 1 aliphatic carbocycles. The van der Waals surface area contributed by atoms with Crippen LogP contribution in [0, 0.1) is 5.41 Å². The van der Waals surface area contributed by atoms with Crippen molar-refractivity contribution in [1.82, 2.24) is 4.90 Å². The Labute approximate surface area is 220 Å². The molecule has 0 aromatic heterocycles. The first-order valence-corrected chi connectivity index (χ1v) is 12.4. The van der Waals surface area contributed by atoms with Gasteiger partial charge >= 0.3 is 11.9 Å². The topological polar surface area (TPSA) is 96.9 Å². The number of hydrogen-bond donors (Lipinski definition) is 2. The van der Waals surface area contributed by atoms with E-state index in [4.69, 9.17) is 15.2 Å². The van der Waals surface area contributed by atoms with Crippen LogP contribution >= 0.6 is 0 Å². The summed E-state index contributed by atoms with van der Waals surface area (Å²) in [7, 11) is 1.93. The predicted octanol–water partition coefficient (Wildman–Crippen LogP) is 0.483. The molecule has 0 saturated heterocycles. The van der Waals surface area contributed by atoms with Crippen molar-refractivity contribution >= 4 is 23.5 Å². The molecule has 1 aromatic carbocycles. The number of anilines is 1.